The van der Waals surface area contributed by atoms with E-state index in [-0.39, 0.29) is 18.1 Å². The van der Waals surface area contributed by atoms with Crippen molar-refractivity contribution in [3.63, 3.8) is 0 Å². The topological polar surface area (TPSA) is 69.7 Å². The van der Waals surface area contributed by atoms with E-state index in [1.54, 1.807) is 26.4 Å². The summed E-state index contributed by atoms with van der Waals surface area (Å²) in [4.78, 5) is 16.3. The minimum Gasteiger partial charge on any atom is -0.493 e. The Morgan fingerprint density at radius 1 is 1.07 bits per heavy atom. The molecule has 0 atom stereocenters. The number of rotatable bonds is 6. The van der Waals surface area contributed by atoms with Gasteiger partial charge in [0.25, 0.3) is 5.91 Å². The van der Waals surface area contributed by atoms with Crippen molar-refractivity contribution in [3.8, 4) is 17.2 Å². The van der Waals surface area contributed by atoms with Gasteiger partial charge in [-0.2, -0.15) is 0 Å². The minimum atomic E-state index is -0.175. The number of nitrogens with zero attached hydrogens (tertiary/aromatic N) is 1. The number of carbonyl (C=O) groups is 1. The first-order valence-electron chi connectivity index (χ1n) is 8.90. The van der Waals surface area contributed by atoms with Crippen molar-refractivity contribution in [2.75, 3.05) is 14.2 Å². The van der Waals surface area contributed by atoms with Crippen molar-refractivity contribution in [2.45, 2.75) is 37.8 Å². The Morgan fingerprint density at radius 3 is 2.44 bits per heavy atom. The van der Waals surface area contributed by atoms with E-state index in [0.29, 0.717) is 28.0 Å². The van der Waals surface area contributed by atoms with Crippen LogP contribution in [0.4, 0.5) is 0 Å². The Kier molecular flexibility index (Phi) is 6.40. The normalized spacial score (nSPS) is 19.2. The summed E-state index contributed by atoms with van der Waals surface area (Å²) in [7, 11) is 3.20. The molecule has 1 heterocycles. The van der Waals surface area contributed by atoms with Gasteiger partial charge in [-0.05, 0) is 49.9 Å². The van der Waals surface area contributed by atoms with Crippen LogP contribution >= 0.6 is 11.6 Å². The fraction of sp³-hybridized carbons (Fsp3) is 0.400. The SMILES string of the molecule is COc1cccc(OC2CCC(NC(=O)c3ccc(Cl)cn3)CC2)c1OC. The largest absolute Gasteiger partial charge is 0.493 e. The van der Waals surface area contributed by atoms with Crippen molar-refractivity contribution >= 4 is 17.5 Å². The van der Waals surface area contributed by atoms with Gasteiger partial charge in [-0.3, -0.25) is 4.79 Å². The number of pyridine rings is 1. The number of methoxy groups -OCH3 is 2. The summed E-state index contributed by atoms with van der Waals surface area (Å²) >= 11 is 5.81. The third-order valence-electron chi connectivity index (χ3n) is 4.63. The van der Waals surface area contributed by atoms with E-state index >= 15 is 0 Å². The molecule has 3 rings (SSSR count). The number of nitrogens with one attached hydrogen (secondary N) is 1. The molecule has 1 aliphatic carbocycles. The lowest BCUT2D eigenvalue weighted by molar-refractivity contribution is 0.0886. The molecular weight excluding hydrogens is 368 g/mol. The molecule has 0 unspecified atom stereocenters. The highest BCUT2D eigenvalue weighted by atomic mass is 35.5. The Bertz CT molecular complexity index is 774. The molecule has 0 bridgehead atoms. The third kappa shape index (κ3) is 4.83. The van der Waals surface area contributed by atoms with Crippen molar-refractivity contribution in [3.05, 3.63) is 47.2 Å². The van der Waals surface area contributed by atoms with Gasteiger partial charge in [-0.25, -0.2) is 4.98 Å². The highest BCUT2D eigenvalue weighted by Gasteiger charge is 2.25. The van der Waals surface area contributed by atoms with E-state index in [4.69, 9.17) is 25.8 Å². The van der Waals surface area contributed by atoms with Crippen LogP contribution in [0.1, 0.15) is 36.2 Å². The lowest BCUT2D eigenvalue weighted by atomic mass is 9.92. The van der Waals surface area contributed by atoms with Crippen LogP contribution in [-0.2, 0) is 0 Å². The molecule has 1 aromatic carbocycles. The van der Waals surface area contributed by atoms with Gasteiger partial charge in [-0.15, -0.1) is 0 Å². The van der Waals surface area contributed by atoms with Gasteiger partial charge in [0.1, 0.15) is 5.69 Å². The van der Waals surface area contributed by atoms with Crippen LogP contribution < -0.4 is 19.5 Å². The predicted molar refractivity (Wildman–Crippen MR) is 103 cm³/mol. The maximum absolute atomic E-state index is 12.3. The zero-order valence-corrected chi connectivity index (χ0v) is 16.2. The average molecular weight is 391 g/mol. The van der Waals surface area contributed by atoms with Gasteiger partial charge >= 0.3 is 0 Å². The van der Waals surface area contributed by atoms with Crippen LogP contribution in [0.5, 0.6) is 17.2 Å². The van der Waals surface area contributed by atoms with Crippen molar-refractivity contribution in [2.24, 2.45) is 0 Å². The van der Waals surface area contributed by atoms with Gasteiger partial charge in [0, 0.05) is 12.2 Å². The van der Waals surface area contributed by atoms with Crippen LogP contribution in [0.3, 0.4) is 0 Å². The Morgan fingerprint density at radius 2 is 1.81 bits per heavy atom. The van der Waals surface area contributed by atoms with E-state index in [0.717, 1.165) is 25.7 Å². The summed E-state index contributed by atoms with van der Waals surface area (Å²) in [6, 6.07) is 8.99. The molecule has 6 nitrogen and oxygen atoms in total. The Hall–Kier alpha value is -2.47. The summed E-state index contributed by atoms with van der Waals surface area (Å²) < 4.78 is 16.9. The molecule has 0 saturated heterocycles. The summed E-state index contributed by atoms with van der Waals surface area (Å²) in [5.41, 5.74) is 0.374. The molecule has 144 valence electrons. The molecule has 1 aliphatic rings. The van der Waals surface area contributed by atoms with Crippen LogP contribution in [0.15, 0.2) is 36.5 Å². The number of ether oxygens (including phenoxy) is 3. The first-order valence-corrected chi connectivity index (χ1v) is 9.28. The number of benzene rings is 1. The van der Waals surface area contributed by atoms with Crippen LogP contribution in [0, 0.1) is 0 Å². The quantitative estimate of drug-likeness (QED) is 0.810. The summed E-state index contributed by atoms with van der Waals surface area (Å²) in [6.07, 6.45) is 4.93. The first-order chi connectivity index (χ1) is 13.1. The van der Waals surface area contributed by atoms with E-state index in [9.17, 15) is 4.79 Å². The van der Waals surface area contributed by atoms with E-state index in [1.807, 2.05) is 18.2 Å². The second kappa shape index (κ2) is 8.95. The zero-order chi connectivity index (χ0) is 19.2. The number of halogens is 1. The maximum Gasteiger partial charge on any atom is 0.270 e. The summed E-state index contributed by atoms with van der Waals surface area (Å²) in [6.45, 7) is 0. The molecule has 1 fully saturated rings. The van der Waals surface area contributed by atoms with Crippen LogP contribution in [0.2, 0.25) is 5.02 Å². The molecule has 0 spiro atoms. The molecule has 7 heteroatoms. The molecule has 1 amide bonds. The molecular formula is C20H23ClN2O4. The minimum absolute atomic E-state index is 0.0767. The number of hydrogen-bond donors (Lipinski definition) is 1. The predicted octanol–water partition coefficient (Wildman–Crippen LogP) is 3.87. The molecule has 2 aromatic rings. The smallest absolute Gasteiger partial charge is 0.270 e. The molecule has 1 N–H and O–H groups in total. The van der Waals surface area contributed by atoms with Crippen molar-refractivity contribution in [1.82, 2.24) is 10.3 Å². The van der Waals surface area contributed by atoms with Crippen molar-refractivity contribution in [1.29, 1.82) is 0 Å². The lowest BCUT2D eigenvalue weighted by Crippen LogP contribution is -2.40. The zero-order valence-electron chi connectivity index (χ0n) is 15.4. The van der Waals surface area contributed by atoms with Gasteiger partial charge < -0.3 is 19.5 Å². The fourth-order valence-corrected chi connectivity index (χ4v) is 3.34. The summed E-state index contributed by atoms with van der Waals surface area (Å²) in [5, 5.41) is 3.55. The summed E-state index contributed by atoms with van der Waals surface area (Å²) in [5.74, 6) is 1.75. The number of amides is 1. The number of para-hydroxylation sites is 1. The second-order valence-electron chi connectivity index (χ2n) is 6.42. The molecule has 1 aromatic heterocycles. The molecule has 0 radical (unpaired) electrons. The van der Waals surface area contributed by atoms with E-state index < -0.39 is 0 Å². The fourth-order valence-electron chi connectivity index (χ4n) is 3.22. The number of hydrogen-bond acceptors (Lipinski definition) is 5. The first kappa shape index (κ1) is 19.3. The van der Waals surface area contributed by atoms with Gasteiger partial charge in [-0.1, -0.05) is 17.7 Å². The Balaban J connectivity index is 1.53. The maximum atomic E-state index is 12.3. The van der Waals surface area contributed by atoms with Crippen LogP contribution in [-0.4, -0.2) is 37.3 Å². The van der Waals surface area contributed by atoms with Gasteiger partial charge in [0.2, 0.25) is 5.75 Å². The number of carbonyl (C=O) groups excluding carboxylic acids is 1. The number of aromatic nitrogens is 1. The average Bonchev–Trinajstić information content (AvgIpc) is 2.69. The lowest BCUT2D eigenvalue weighted by Gasteiger charge is -2.30. The highest BCUT2D eigenvalue weighted by Crippen LogP contribution is 2.38. The van der Waals surface area contributed by atoms with Gasteiger partial charge in [0.15, 0.2) is 11.5 Å². The van der Waals surface area contributed by atoms with E-state index in [2.05, 4.69) is 10.3 Å². The monoisotopic (exact) mass is 390 g/mol. The molecule has 0 aliphatic heterocycles. The van der Waals surface area contributed by atoms with Crippen LogP contribution in [0.25, 0.3) is 0 Å². The molecule has 27 heavy (non-hydrogen) atoms. The highest BCUT2D eigenvalue weighted by molar-refractivity contribution is 6.30. The molecule has 1 saturated carbocycles. The Labute approximate surface area is 163 Å². The van der Waals surface area contributed by atoms with E-state index in [1.165, 1.54) is 6.20 Å². The second-order valence-corrected chi connectivity index (χ2v) is 6.85. The standard InChI is InChI=1S/C20H23ClN2O4/c1-25-17-4-3-5-18(19(17)26-2)27-15-9-7-14(8-10-15)23-20(24)16-11-6-13(21)12-22-16/h3-6,11-12,14-15H,7-10H2,1-2H3,(H,23,24). The third-order valence-corrected chi connectivity index (χ3v) is 4.85. The van der Waals surface area contributed by atoms with Gasteiger partial charge in [0.05, 0.1) is 25.3 Å². The van der Waals surface area contributed by atoms with Crippen molar-refractivity contribution < 1.29 is 19.0 Å².